The number of para-hydroxylation sites is 2. The van der Waals surface area contributed by atoms with Crippen LogP contribution in [-0.4, -0.2) is 18.4 Å². The van der Waals surface area contributed by atoms with E-state index in [1.807, 2.05) is 61.5 Å². The topological polar surface area (TPSA) is 83.7 Å². The van der Waals surface area contributed by atoms with Crippen LogP contribution in [0.4, 0.5) is 0 Å². The summed E-state index contributed by atoms with van der Waals surface area (Å²) in [4.78, 5) is 9.34. The third-order valence-corrected chi connectivity index (χ3v) is 7.74. The molecule has 0 aliphatic heterocycles. The first-order chi connectivity index (χ1) is 15.0. The summed E-state index contributed by atoms with van der Waals surface area (Å²) in [5.74, 6) is 0.587. The van der Waals surface area contributed by atoms with Gasteiger partial charge >= 0.3 is 0 Å². The third-order valence-electron chi connectivity index (χ3n) is 4.81. The van der Waals surface area contributed by atoms with E-state index in [2.05, 4.69) is 9.97 Å². The van der Waals surface area contributed by atoms with E-state index in [-0.39, 0.29) is 10.6 Å². The second-order valence-electron chi connectivity index (χ2n) is 7.04. The van der Waals surface area contributed by atoms with Crippen molar-refractivity contribution in [3.05, 3.63) is 95.7 Å². The van der Waals surface area contributed by atoms with Gasteiger partial charge in [0.15, 0.2) is 15.1 Å². The minimum absolute atomic E-state index is 0.0959. The Morgan fingerprint density at radius 1 is 0.903 bits per heavy atom. The first kappa shape index (κ1) is 21.0. The Kier molecular flexibility index (Phi) is 6.03. The van der Waals surface area contributed by atoms with Crippen LogP contribution in [0.1, 0.15) is 22.1 Å². The number of nitrogens with zero attached hydrogens (tertiary/aromatic N) is 3. The van der Waals surface area contributed by atoms with Crippen molar-refractivity contribution >= 4 is 32.6 Å². The van der Waals surface area contributed by atoms with E-state index in [9.17, 15) is 13.7 Å². The monoisotopic (exact) mass is 445 g/mol. The van der Waals surface area contributed by atoms with E-state index in [0.717, 1.165) is 11.1 Å². The van der Waals surface area contributed by atoms with Crippen LogP contribution in [0.25, 0.3) is 11.0 Å². The van der Waals surface area contributed by atoms with E-state index in [1.165, 1.54) is 23.9 Å². The number of hydrogen-bond donors (Lipinski definition) is 0. The van der Waals surface area contributed by atoms with Gasteiger partial charge in [-0.25, -0.2) is 18.4 Å². The first-order valence-corrected chi connectivity index (χ1v) is 12.2. The summed E-state index contributed by atoms with van der Waals surface area (Å²) >= 11 is 1.38. The Morgan fingerprint density at radius 2 is 1.52 bits per heavy atom. The van der Waals surface area contributed by atoms with E-state index >= 15 is 0 Å². The van der Waals surface area contributed by atoms with E-state index in [4.69, 9.17) is 0 Å². The minimum atomic E-state index is -3.97. The Balaban J connectivity index is 1.81. The molecule has 0 bridgehead atoms. The molecule has 1 aromatic heterocycles. The highest BCUT2D eigenvalue weighted by Crippen LogP contribution is 2.35. The molecular formula is C24H19N3O2S2. The first-order valence-electron chi connectivity index (χ1n) is 9.62. The lowest BCUT2D eigenvalue weighted by molar-refractivity contribution is 0.589. The number of benzene rings is 3. The van der Waals surface area contributed by atoms with Gasteiger partial charge < -0.3 is 0 Å². The zero-order chi connectivity index (χ0) is 21.8. The van der Waals surface area contributed by atoms with Crippen LogP contribution in [0.2, 0.25) is 0 Å². The Labute approximate surface area is 185 Å². The van der Waals surface area contributed by atoms with Gasteiger partial charge in [-0.05, 0) is 36.8 Å². The van der Waals surface area contributed by atoms with Crippen molar-refractivity contribution in [2.45, 2.75) is 27.8 Å². The molecule has 1 unspecified atom stereocenters. The molecule has 31 heavy (non-hydrogen) atoms. The summed E-state index contributed by atoms with van der Waals surface area (Å²) in [6.45, 7) is 1.88. The zero-order valence-corrected chi connectivity index (χ0v) is 18.4. The van der Waals surface area contributed by atoms with Crippen LogP contribution < -0.4 is 0 Å². The molecule has 4 aromatic rings. The van der Waals surface area contributed by atoms with Crippen LogP contribution in [-0.2, 0) is 15.6 Å². The van der Waals surface area contributed by atoms with Gasteiger partial charge in [0.2, 0.25) is 0 Å². The summed E-state index contributed by atoms with van der Waals surface area (Å²) < 4.78 is 26.7. The number of nitriles is 1. The summed E-state index contributed by atoms with van der Waals surface area (Å²) in [7, 11) is -3.97. The molecule has 154 valence electrons. The summed E-state index contributed by atoms with van der Waals surface area (Å²) in [6, 6.07) is 25.6. The maximum absolute atomic E-state index is 13.3. The second-order valence-corrected chi connectivity index (χ2v) is 10.0. The normalized spacial score (nSPS) is 12.4. The maximum Gasteiger partial charge on any atom is 0.200 e. The molecule has 1 atom stereocenters. The van der Waals surface area contributed by atoms with Gasteiger partial charge in [0.05, 0.1) is 22.0 Å². The highest BCUT2D eigenvalue weighted by atomic mass is 32.2. The fraction of sp³-hybridized carbons (Fsp3) is 0.125. The highest BCUT2D eigenvalue weighted by Gasteiger charge is 2.33. The number of rotatable bonds is 6. The van der Waals surface area contributed by atoms with Crippen LogP contribution in [0.3, 0.4) is 0 Å². The van der Waals surface area contributed by atoms with Gasteiger partial charge in [0.25, 0.3) is 0 Å². The fourth-order valence-corrected chi connectivity index (χ4v) is 5.57. The quantitative estimate of drug-likeness (QED) is 0.376. The van der Waals surface area contributed by atoms with E-state index in [0.29, 0.717) is 21.8 Å². The van der Waals surface area contributed by atoms with Gasteiger partial charge in [0.1, 0.15) is 10.7 Å². The molecule has 0 fully saturated rings. The zero-order valence-electron chi connectivity index (χ0n) is 16.8. The average molecular weight is 446 g/mol. The lowest BCUT2D eigenvalue weighted by Crippen LogP contribution is -2.15. The molecule has 0 amide bonds. The second kappa shape index (κ2) is 8.88. The molecule has 7 heteroatoms. The SMILES string of the molecule is Cc1ccc(S(=O)(=O)C(C#N)c2nc3ccccc3nc2SCc2ccccc2)cc1. The number of hydrogen-bond acceptors (Lipinski definition) is 6. The molecule has 0 N–H and O–H groups in total. The number of fused-ring (bicyclic) bond motifs is 1. The van der Waals surface area contributed by atoms with Gasteiger partial charge in [-0.2, -0.15) is 5.26 Å². The fourth-order valence-electron chi connectivity index (χ4n) is 3.14. The van der Waals surface area contributed by atoms with E-state index < -0.39 is 15.1 Å². The summed E-state index contributed by atoms with van der Waals surface area (Å²) in [5, 5.41) is 8.90. The number of sulfone groups is 1. The van der Waals surface area contributed by atoms with Gasteiger partial charge in [-0.3, -0.25) is 0 Å². The van der Waals surface area contributed by atoms with Gasteiger partial charge in [-0.1, -0.05) is 71.9 Å². The number of thioether (sulfide) groups is 1. The molecule has 0 aliphatic carbocycles. The molecule has 0 aliphatic rings. The predicted octanol–water partition coefficient (Wildman–Crippen LogP) is 5.27. The van der Waals surface area contributed by atoms with Crippen molar-refractivity contribution in [3.8, 4) is 6.07 Å². The Morgan fingerprint density at radius 3 is 2.16 bits per heavy atom. The predicted molar refractivity (Wildman–Crippen MR) is 122 cm³/mol. The lowest BCUT2D eigenvalue weighted by Gasteiger charge is -2.15. The molecule has 5 nitrogen and oxygen atoms in total. The maximum atomic E-state index is 13.3. The molecule has 3 aromatic carbocycles. The molecule has 0 radical (unpaired) electrons. The van der Waals surface area contributed by atoms with Crippen molar-refractivity contribution < 1.29 is 8.42 Å². The Hall–Kier alpha value is -3.21. The van der Waals surface area contributed by atoms with Crippen LogP contribution >= 0.6 is 11.8 Å². The summed E-state index contributed by atoms with van der Waals surface area (Å²) in [6.07, 6.45) is 0. The van der Waals surface area contributed by atoms with Crippen molar-refractivity contribution in [2.75, 3.05) is 0 Å². The molecule has 4 rings (SSSR count). The minimum Gasteiger partial charge on any atom is -0.246 e. The molecule has 0 spiro atoms. The van der Waals surface area contributed by atoms with Crippen LogP contribution in [0, 0.1) is 18.3 Å². The summed E-state index contributed by atoms with van der Waals surface area (Å²) in [5.41, 5.74) is 3.40. The standard InChI is InChI=1S/C24H19N3O2S2/c1-17-11-13-19(14-12-17)31(28,29)22(15-25)23-24(30-16-18-7-3-2-4-8-18)27-21-10-6-5-9-20(21)26-23/h2-14,22H,16H2,1H3. The van der Waals surface area contributed by atoms with E-state index in [1.54, 1.807) is 18.2 Å². The smallest absolute Gasteiger partial charge is 0.200 e. The third kappa shape index (κ3) is 4.46. The van der Waals surface area contributed by atoms with Crippen molar-refractivity contribution in [3.63, 3.8) is 0 Å². The number of aromatic nitrogens is 2. The van der Waals surface area contributed by atoms with Gasteiger partial charge in [0, 0.05) is 5.75 Å². The largest absolute Gasteiger partial charge is 0.246 e. The van der Waals surface area contributed by atoms with Gasteiger partial charge in [-0.15, -0.1) is 0 Å². The Bertz CT molecular complexity index is 1360. The van der Waals surface area contributed by atoms with Crippen molar-refractivity contribution in [1.82, 2.24) is 9.97 Å². The van der Waals surface area contributed by atoms with Crippen LogP contribution in [0.5, 0.6) is 0 Å². The molecule has 0 saturated heterocycles. The molecule has 1 heterocycles. The number of aryl methyl sites for hydroxylation is 1. The highest BCUT2D eigenvalue weighted by molar-refractivity contribution is 7.98. The molecule has 0 saturated carbocycles. The van der Waals surface area contributed by atoms with Crippen molar-refractivity contribution in [1.29, 1.82) is 5.26 Å². The van der Waals surface area contributed by atoms with Crippen LogP contribution in [0.15, 0.2) is 88.8 Å². The average Bonchev–Trinajstić information content (AvgIpc) is 2.79. The molecular weight excluding hydrogens is 426 g/mol. The van der Waals surface area contributed by atoms with Crippen molar-refractivity contribution in [2.24, 2.45) is 0 Å². The lowest BCUT2D eigenvalue weighted by atomic mass is 10.2.